The molecule has 0 nitrogen and oxygen atoms in total. The third-order valence-corrected chi connectivity index (χ3v) is 3.43. The van der Waals surface area contributed by atoms with Crippen molar-refractivity contribution in [1.29, 1.82) is 0 Å². The zero-order chi connectivity index (χ0) is 8.27. The van der Waals surface area contributed by atoms with Gasteiger partial charge in [-0.25, -0.2) is 0 Å². The van der Waals surface area contributed by atoms with Crippen molar-refractivity contribution in [3.63, 3.8) is 0 Å². The van der Waals surface area contributed by atoms with E-state index in [9.17, 15) is 0 Å². The SMILES string of the molecule is C[SiH2]c1ccc(C(Cl)Cl)cc1. The number of hydrogen-bond donors (Lipinski definition) is 0. The van der Waals surface area contributed by atoms with Gasteiger partial charge in [-0.1, -0.05) is 36.0 Å². The van der Waals surface area contributed by atoms with Crippen LogP contribution in [0.5, 0.6) is 0 Å². The quantitative estimate of drug-likeness (QED) is 0.511. The number of alkyl halides is 2. The minimum atomic E-state index is -0.387. The Morgan fingerprint density at radius 2 is 1.73 bits per heavy atom. The van der Waals surface area contributed by atoms with Crippen molar-refractivity contribution in [2.45, 2.75) is 11.4 Å². The van der Waals surface area contributed by atoms with Gasteiger partial charge in [0, 0.05) is 0 Å². The summed E-state index contributed by atoms with van der Waals surface area (Å²) in [5, 5.41) is 1.45. The summed E-state index contributed by atoms with van der Waals surface area (Å²) in [6.07, 6.45) is 0. The molecule has 1 rings (SSSR count). The molecule has 0 unspecified atom stereocenters. The van der Waals surface area contributed by atoms with Crippen LogP contribution in [0.15, 0.2) is 24.3 Å². The van der Waals surface area contributed by atoms with Gasteiger partial charge in [0.2, 0.25) is 0 Å². The van der Waals surface area contributed by atoms with Crippen LogP contribution < -0.4 is 5.19 Å². The Kier molecular flexibility index (Phi) is 3.43. The lowest BCUT2D eigenvalue weighted by Crippen LogP contribution is -2.09. The minimum Gasteiger partial charge on any atom is -0.100 e. The molecular weight excluding hydrogens is 195 g/mol. The molecule has 60 valence electrons. The van der Waals surface area contributed by atoms with Crippen molar-refractivity contribution in [3.05, 3.63) is 29.8 Å². The van der Waals surface area contributed by atoms with Gasteiger partial charge in [0.05, 0.1) is 9.52 Å². The Morgan fingerprint density at radius 3 is 2.09 bits per heavy atom. The van der Waals surface area contributed by atoms with E-state index in [1.807, 2.05) is 12.1 Å². The molecule has 3 heteroatoms. The van der Waals surface area contributed by atoms with Gasteiger partial charge >= 0.3 is 0 Å². The summed E-state index contributed by atoms with van der Waals surface area (Å²) >= 11 is 11.4. The van der Waals surface area contributed by atoms with Crippen molar-refractivity contribution in [2.24, 2.45) is 0 Å². The molecule has 0 amide bonds. The molecule has 1 aromatic carbocycles. The molecule has 0 bridgehead atoms. The normalized spacial score (nSPS) is 11.6. The predicted octanol–water partition coefficient (Wildman–Crippen LogP) is 2.00. The van der Waals surface area contributed by atoms with Crippen molar-refractivity contribution in [3.8, 4) is 0 Å². The molecule has 11 heavy (non-hydrogen) atoms. The summed E-state index contributed by atoms with van der Waals surface area (Å²) in [5.41, 5.74) is 0.986. The zero-order valence-corrected chi connectivity index (χ0v) is 9.28. The second-order valence-electron chi connectivity index (χ2n) is 2.40. The molecule has 0 fully saturated rings. The van der Waals surface area contributed by atoms with E-state index < -0.39 is 0 Å². The average Bonchev–Trinajstić information content (AvgIpc) is 2.05. The van der Waals surface area contributed by atoms with Gasteiger partial charge in [0.25, 0.3) is 0 Å². The Morgan fingerprint density at radius 1 is 1.18 bits per heavy atom. The molecule has 0 N–H and O–H groups in total. The van der Waals surface area contributed by atoms with E-state index in [4.69, 9.17) is 23.2 Å². The largest absolute Gasteiger partial charge is 0.132 e. The fraction of sp³-hybridized carbons (Fsp3) is 0.250. The summed E-state index contributed by atoms with van der Waals surface area (Å²) in [7, 11) is -0.0355. The first-order chi connectivity index (χ1) is 5.24. The van der Waals surface area contributed by atoms with Crippen molar-refractivity contribution in [2.75, 3.05) is 0 Å². The third-order valence-electron chi connectivity index (χ3n) is 1.64. The molecule has 0 aliphatic carbocycles. The van der Waals surface area contributed by atoms with Crippen LogP contribution in [0.3, 0.4) is 0 Å². The smallest absolute Gasteiger partial charge is 0.100 e. The fourth-order valence-electron chi connectivity index (χ4n) is 0.899. The maximum atomic E-state index is 5.68. The summed E-state index contributed by atoms with van der Waals surface area (Å²) in [4.78, 5) is -0.387. The van der Waals surface area contributed by atoms with Gasteiger partial charge in [-0.15, -0.1) is 23.2 Å². The molecule has 0 atom stereocenters. The molecule has 0 aliphatic heterocycles. The van der Waals surface area contributed by atoms with Gasteiger partial charge in [-0.05, 0) is 5.56 Å². The topological polar surface area (TPSA) is 0 Å². The van der Waals surface area contributed by atoms with Gasteiger partial charge in [-0.2, -0.15) is 0 Å². The number of hydrogen-bond acceptors (Lipinski definition) is 0. The lowest BCUT2D eigenvalue weighted by Gasteiger charge is -2.01. The number of halogens is 2. The van der Waals surface area contributed by atoms with Gasteiger partial charge in [-0.3, -0.25) is 0 Å². The number of benzene rings is 1. The lowest BCUT2D eigenvalue weighted by atomic mass is 10.2. The third kappa shape index (κ3) is 2.51. The Balaban J connectivity index is 2.83. The van der Waals surface area contributed by atoms with Crippen LogP contribution >= 0.6 is 23.2 Å². The summed E-state index contributed by atoms with van der Waals surface area (Å²) in [6.45, 7) is 2.26. The summed E-state index contributed by atoms with van der Waals surface area (Å²) in [6, 6.07) is 8.21. The average molecular weight is 205 g/mol. The van der Waals surface area contributed by atoms with Gasteiger partial charge in [0.15, 0.2) is 0 Å². The lowest BCUT2D eigenvalue weighted by molar-refractivity contribution is 1.36. The van der Waals surface area contributed by atoms with Crippen LogP contribution in [0.25, 0.3) is 0 Å². The van der Waals surface area contributed by atoms with E-state index in [1.54, 1.807) is 0 Å². The molecule has 1 aromatic rings. The highest BCUT2D eigenvalue weighted by Gasteiger charge is 2.00. The van der Waals surface area contributed by atoms with E-state index in [1.165, 1.54) is 5.19 Å². The summed E-state index contributed by atoms with van der Waals surface area (Å²) in [5.74, 6) is 0. The molecule has 0 aromatic heterocycles. The highest BCUT2D eigenvalue weighted by atomic mass is 35.5. The molecule has 0 radical (unpaired) electrons. The Labute approximate surface area is 79.3 Å². The molecular formula is C8H10Cl2Si. The minimum absolute atomic E-state index is 0.0355. The standard InChI is InChI=1S/C8H10Cl2Si/c1-11-7-4-2-6(3-5-7)8(9)10/h2-5,8H,11H2,1H3. The van der Waals surface area contributed by atoms with E-state index in [0.717, 1.165) is 5.56 Å². The first-order valence-electron chi connectivity index (χ1n) is 3.61. The predicted molar refractivity (Wildman–Crippen MR) is 54.9 cm³/mol. The highest BCUT2D eigenvalue weighted by Crippen LogP contribution is 2.22. The van der Waals surface area contributed by atoms with Crippen molar-refractivity contribution >= 4 is 37.9 Å². The van der Waals surface area contributed by atoms with Gasteiger partial charge in [0.1, 0.15) is 4.84 Å². The first-order valence-corrected chi connectivity index (χ1v) is 6.60. The molecule has 0 heterocycles. The maximum absolute atomic E-state index is 5.68. The van der Waals surface area contributed by atoms with Crippen molar-refractivity contribution in [1.82, 2.24) is 0 Å². The van der Waals surface area contributed by atoms with Crippen LogP contribution in [0, 0.1) is 0 Å². The Hall–Kier alpha value is 0.0169. The van der Waals surface area contributed by atoms with Gasteiger partial charge < -0.3 is 0 Å². The number of rotatable bonds is 2. The molecule has 0 aliphatic rings. The van der Waals surface area contributed by atoms with Crippen LogP contribution in [-0.4, -0.2) is 9.52 Å². The monoisotopic (exact) mass is 204 g/mol. The van der Waals surface area contributed by atoms with Crippen LogP contribution in [0.1, 0.15) is 10.4 Å². The first kappa shape index (κ1) is 9.11. The van der Waals surface area contributed by atoms with Crippen molar-refractivity contribution < 1.29 is 0 Å². The highest BCUT2D eigenvalue weighted by molar-refractivity contribution is 6.51. The maximum Gasteiger partial charge on any atom is 0.132 e. The molecule has 0 saturated carbocycles. The van der Waals surface area contributed by atoms with E-state index >= 15 is 0 Å². The second-order valence-corrected chi connectivity index (χ2v) is 5.02. The summed E-state index contributed by atoms with van der Waals surface area (Å²) < 4.78 is 0. The molecule has 0 saturated heterocycles. The Bertz CT molecular complexity index is 218. The van der Waals surface area contributed by atoms with Crippen LogP contribution in [0.4, 0.5) is 0 Å². The second kappa shape index (κ2) is 4.15. The zero-order valence-electron chi connectivity index (χ0n) is 6.35. The van der Waals surface area contributed by atoms with E-state index in [0.29, 0.717) is 0 Å². The molecule has 0 spiro atoms. The van der Waals surface area contributed by atoms with Crippen LogP contribution in [-0.2, 0) is 0 Å². The van der Waals surface area contributed by atoms with E-state index in [2.05, 4.69) is 18.7 Å². The fourth-order valence-corrected chi connectivity index (χ4v) is 1.90. The van der Waals surface area contributed by atoms with Crippen LogP contribution in [0.2, 0.25) is 6.55 Å². The van der Waals surface area contributed by atoms with E-state index in [-0.39, 0.29) is 14.4 Å².